The molecule has 0 radical (unpaired) electrons. The third-order valence-electron chi connectivity index (χ3n) is 5.99. The van der Waals surface area contributed by atoms with Gasteiger partial charge in [0.25, 0.3) is 0 Å². The fourth-order valence-electron chi connectivity index (χ4n) is 4.44. The molecule has 2 atom stereocenters. The first-order chi connectivity index (χ1) is 14.9. The van der Waals surface area contributed by atoms with Crippen molar-refractivity contribution in [2.45, 2.75) is 50.0 Å². The summed E-state index contributed by atoms with van der Waals surface area (Å²) in [5.74, 6) is 0.370. The highest BCUT2D eigenvalue weighted by Gasteiger charge is 2.30. The van der Waals surface area contributed by atoms with E-state index in [-0.39, 0.29) is 5.03 Å². The molecule has 5 rings (SSSR count). The Morgan fingerprint density at radius 2 is 2.00 bits per heavy atom. The maximum atomic E-state index is 13.0. The van der Waals surface area contributed by atoms with Gasteiger partial charge in [0.1, 0.15) is 0 Å². The average Bonchev–Trinajstić information content (AvgIpc) is 3.49. The monoisotopic (exact) mass is 436 g/mol. The molecule has 2 aliphatic carbocycles. The van der Waals surface area contributed by atoms with E-state index in [1.807, 2.05) is 30.3 Å². The largest absolute Gasteiger partial charge is 0.354 e. The molecule has 3 aromatic rings. The molecule has 0 unspecified atom stereocenters. The van der Waals surface area contributed by atoms with Crippen LogP contribution in [0.2, 0.25) is 0 Å². The highest BCUT2D eigenvalue weighted by atomic mass is 32.2. The lowest BCUT2D eigenvalue weighted by Crippen LogP contribution is -2.19. The van der Waals surface area contributed by atoms with Crippen LogP contribution in [-0.2, 0) is 29.2 Å². The standard InChI is InChI=1S/C22H24N6O2S/c1-14-10-11-17-20(14)24-18-9-5-8-16(18)21(17)25-22(29)27-31(23,30)19-12-13-28(26-19)15-6-3-2-4-7-15/h2-4,6-7,12-14H,5,8-11H2,1H3,(H3,23,24,25,27,29,30)/t14-,31+/m1/s1. The van der Waals surface area contributed by atoms with E-state index in [4.69, 9.17) is 10.1 Å². The molecule has 0 saturated carbocycles. The van der Waals surface area contributed by atoms with Crippen molar-refractivity contribution in [3.8, 4) is 5.69 Å². The van der Waals surface area contributed by atoms with Gasteiger partial charge in [-0.1, -0.05) is 25.1 Å². The summed E-state index contributed by atoms with van der Waals surface area (Å²) in [6.07, 6.45) is 6.33. The molecule has 2 aliphatic rings. The lowest BCUT2D eigenvalue weighted by Gasteiger charge is -2.15. The molecule has 8 nitrogen and oxygen atoms in total. The van der Waals surface area contributed by atoms with Crippen LogP contribution < -0.4 is 10.5 Å². The zero-order valence-electron chi connectivity index (χ0n) is 17.2. The van der Waals surface area contributed by atoms with Crippen LogP contribution >= 0.6 is 0 Å². The molecule has 160 valence electrons. The molecule has 3 N–H and O–H groups in total. The second-order valence-corrected chi connectivity index (χ2v) is 9.83. The number of benzene rings is 1. The van der Waals surface area contributed by atoms with Crippen molar-refractivity contribution < 1.29 is 9.00 Å². The number of nitrogens with one attached hydrogen (secondary N) is 1. The van der Waals surface area contributed by atoms with Gasteiger partial charge in [0.05, 0.1) is 11.4 Å². The summed E-state index contributed by atoms with van der Waals surface area (Å²) in [4.78, 5) is 17.6. The Morgan fingerprint density at radius 3 is 2.81 bits per heavy atom. The Kier molecular flexibility index (Phi) is 4.86. The van der Waals surface area contributed by atoms with Crippen LogP contribution in [0.1, 0.15) is 48.2 Å². The van der Waals surface area contributed by atoms with Gasteiger partial charge in [-0.2, -0.15) is 5.10 Å². The lowest BCUT2D eigenvalue weighted by atomic mass is 10.0. The number of aromatic nitrogens is 3. The third kappa shape index (κ3) is 3.64. The van der Waals surface area contributed by atoms with Gasteiger partial charge in [-0.3, -0.25) is 4.98 Å². The molecule has 2 heterocycles. The smallest absolute Gasteiger partial charge is 0.305 e. The molecule has 0 spiro atoms. The Balaban J connectivity index is 1.45. The van der Waals surface area contributed by atoms with Gasteiger partial charge in [-0.15, -0.1) is 4.36 Å². The second kappa shape index (κ2) is 7.58. The minimum Gasteiger partial charge on any atom is -0.305 e. The van der Waals surface area contributed by atoms with Gasteiger partial charge in [-0.25, -0.2) is 18.8 Å². The fraction of sp³-hybridized carbons (Fsp3) is 0.318. The zero-order chi connectivity index (χ0) is 21.6. The number of hydrogen-bond donors (Lipinski definition) is 2. The highest BCUT2D eigenvalue weighted by Crippen LogP contribution is 2.41. The van der Waals surface area contributed by atoms with E-state index < -0.39 is 15.9 Å². The SMILES string of the molecule is C[C@@H]1CCc2c1nc1c(c2NC(=O)N=[S@](N)(=O)c2ccn(-c3ccccc3)n2)CCC1. The molecule has 1 aromatic carbocycles. The van der Waals surface area contributed by atoms with Crippen molar-refractivity contribution in [1.29, 1.82) is 0 Å². The Morgan fingerprint density at radius 1 is 1.19 bits per heavy atom. The first-order valence-corrected chi connectivity index (χ1v) is 12.0. The Bertz CT molecular complexity index is 1290. The number of fused-ring (bicyclic) bond motifs is 2. The number of hydrogen-bond acceptors (Lipinski definition) is 4. The summed E-state index contributed by atoms with van der Waals surface area (Å²) in [6.45, 7) is 2.16. The van der Waals surface area contributed by atoms with Gasteiger partial charge >= 0.3 is 6.03 Å². The Hall–Kier alpha value is -3.04. The minimum absolute atomic E-state index is 0.0605. The van der Waals surface area contributed by atoms with Crippen LogP contribution in [0.4, 0.5) is 10.5 Å². The third-order valence-corrected chi connectivity index (χ3v) is 7.24. The number of anilines is 1. The quantitative estimate of drug-likeness (QED) is 0.651. The fourth-order valence-corrected chi connectivity index (χ4v) is 5.29. The Labute approximate surface area is 181 Å². The van der Waals surface area contributed by atoms with Crippen molar-refractivity contribution >= 4 is 21.6 Å². The minimum atomic E-state index is -3.49. The van der Waals surface area contributed by atoms with Gasteiger partial charge in [-0.05, 0) is 67.3 Å². The zero-order valence-corrected chi connectivity index (χ0v) is 18.1. The number of amides is 2. The number of para-hydroxylation sites is 1. The molecule has 31 heavy (non-hydrogen) atoms. The van der Waals surface area contributed by atoms with Crippen molar-refractivity contribution in [3.63, 3.8) is 0 Å². The van der Waals surface area contributed by atoms with E-state index in [1.54, 1.807) is 10.9 Å². The second-order valence-electron chi connectivity index (χ2n) is 8.09. The number of urea groups is 1. The molecule has 2 aromatic heterocycles. The van der Waals surface area contributed by atoms with E-state index in [1.165, 1.54) is 6.07 Å². The number of pyridine rings is 1. The summed E-state index contributed by atoms with van der Waals surface area (Å²) < 4.78 is 18.4. The molecule has 0 bridgehead atoms. The van der Waals surface area contributed by atoms with Crippen molar-refractivity contribution in [2.24, 2.45) is 9.50 Å². The van der Waals surface area contributed by atoms with Gasteiger partial charge in [0, 0.05) is 17.6 Å². The van der Waals surface area contributed by atoms with Crippen molar-refractivity contribution in [1.82, 2.24) is 14.8 Å². The van der Waals surface area contributed by atoms with Crippen LogP contribution in [0, 0.1) is 0 Å². The van der Waals surface area contributed by atoms with Gasteiger partial charge < -0.3 is 5.32 Å². The molecule has 0 saturated heterocycles. The molecule has 0 aliphatic heterocycles. The first-order valence-electron chi connectivity index (χ1n) is 10.4. The van der Waals surface area contributed by atoms with E-state index in [9.17, 15) is 9.00 Å². The molecule has 9 heteroatoms. The summed E-state index contributed by atoms with van der Waals surface area (Å²) in [7, 11) is -3.49. The normalized spacial score (nSPS) is 18.8. The van der Waals surface area contributed by atoms with E-state index in [0.717, 1.165) is 66.0 Å². The topological polar surface area (TPSA) is 115 Å². The predicted octanol–water partition coefficient (Wildman–Crippen LogP) is 3.74. The average molecular weight is 437 g/mol. The van der Waals surface area contributed by atoms with Crippen molar-refractivity contribution in [2.75, 3.05) is 5.32 Å². The summed E-state index contributed by atoms with van der Waals surface area (Å²) >= 11 is 0. The summed E-state index contributed by atoms with van der Waals surface area (Å²) in [5, 5.41) is 13.2. The van der Waals surface area contributed by atoms with Crippen LogP contribution in [0.15, 0.2) is 52.0 Å². The van der Waals surface area contributed by atoms with Crippen LogP contribution in [0.25, 0.3) is 5.69 Å². The van der Waals surface area contributed by atoms with Crippen LogP contribution in [-0.4, -0.2) is 25.0 Å². The lowest BCUT2D eigenvalue weighted by molar-refractivity contribution is 0.260. The molecular weight excluding hydrogens is 412 g/mol. The first kappa shape index (κ1) is 19.9. The number of nitrogens with zero attached hydrogens (tertiary/aromatic N) is 4. The highest BCUT2D eigenvalue weighted by molar-refractivity contribution is 7.91. The summed E-state index contributed by atoms with van der Waals surface area (Å²) in [5.41, 5.74) is 5.86. The van der Waals surface area contributed by atoms with Crippen LogP contribution in [0.3, 0.4) is 0 Å². The van der Waals surface area contributed by atoms with E-state index in [0.29, 0.717) is 5.92 Å². The maximum Gasteiger partial charge on any atom is 0.354 e. The molecule has 2 amide bonds. The number of carbonyl (C=O) groups excluding carboxylic acids is 1. The maximum absolute atomic E-state index is 13.0. The van der Waals surface area contributed by atoms with E-state index in [2.05, 4.69) is 21.7 Å². The molecule has 0 fully saturated rings. The van der Waals surface area contributed by atoms with Crippen molar-refractivity contribution in [3.05, 3.63) is 65.1 Å². The van der Waals surface area contributed by atoms with Gasteiger partial charge in [0.15, 0.2) is 14.9 Å². The number of carbonyl (C=O) groups is 1. The van der Waals surface area contributed by atoms with Crippen LogP contribution in [0.5, 0.6) is 0 Å². The number of rotatable bonds is 3. The molecular formula is C22H24N6O2S. The van der Waals surface area contributed by atoms with Gasteiger partial charge in [0.2, 0.25) is 0 Å². The number of aryl methyl sites for hydroxylation is 1. The number of nitrogens with two attached hydrogens (primary N) is 1. The predicted molar refractivity (Wildman–Crippen MR) is 119 cm³/mol. The summed E-state index contributed by atoms with van der Waals surface area (Å²) in [6, 6.07) is 10.2. The van der Waals surface area contributed by atoms with E-state index >= 15 is 0 Å².